The van der Waals surface area contributed by atoms with Gasteiger partial charge in [0.1, 0.15) is 6.54 Å². The van der Waals surface area contributed by atoms with Crippen LogP contribution < -0.4 is 9.47 Å². The molecule has 2 fully saturated rings. The molecule has 0 atom stereocenters. The Bertz CT molecular complexity index is 885. The molecule has 0 unspecified atom stereocenters. The average Bonchev–Trinajstić information content (AvgIpc) is 3.01. The van der Waals surface area contributed by atoms with Gasteiger partial charge in [0, 0.05) is 13.1 Å². The smallest absolute Gasteiger partial charge is 0.294 e. The molecule has 2 aliphatic heterocycles. The van der Waals surface area contributed by atoms with Crippen LogP contribution in [0, 0.1) is 3.57 Å². The predicted octanol–water partition coefficient (Wildman–Crippen LogP) is 3.37. The molecule has 2 heterocycles. The van der Waals surface area contributed by atoms with E-state index in [1.165, 1.54) is 0 Å². The fraction of sp³-hybridized carbons (Fsp3) is 0.476. The topological polar surface area (TPSA) is 85.4 Å². The first kappa shape index (κ1) is 23.9. The number of rotatable bonds is 8. The van der Waals surface area contributed by atoms with Gasteiger partial charge in [-0.3, -0.25) is 19.3 Å². The second-order valence-corrected chi connectivity index (χ2v) is 9.03. The molecule has 1 aromatic rings. The van der Waals surface area contributed by atoms with Crippen molar-refractivity contribution in [2.45, 2.75) is 20.3 Å². The normalized spacial score (nSPS) is 18.1. The maximum atomic E-state index is 12.8. The van der Waals surface area contributed by atoms with Gasteiger partial charge < -0.3 is 19.1 Å². The molecule has 2 aliphatic rings. The zero-order valence-electron chi connectivity index (χ0n) is 17.5. The van der Waals surface area contributed by atoms with Gasteiger partial charge >= 0.3 is 0 Å². The summed E-state index contributed by atoms with van der Waals surface area (Å²) in [5, 5.41) is -0.444. The third-order valence-corrected chi connectivity index (χ3v) is 6.32. The Morgan fingerprint density at radius 1 is 1.23 bits per heavy atom. The number of ether oxygens (including phenoxy) is 3. The molecule has 0 radical (unpaired) electrons. The standard InChI is InChI=1S/C21H25IN2O6S/c1-3-7-30-19-15(22)10-14(11-16(19)29-4-2)12-17-20(26)24(21(27)31-17)13-18(25)23-5-8-28-9-6-23/h10-12H,3-9,13H2,1-2H3/b17-12-. The molecular weight excluding hydrogens is 535 g/mol. The van der Waals surface area contributed by atoms with Crippen molar-refractivity contribution in [3.63, 3.8) is 0 Å². The van der Waals surface area contributed by atoms with Crippen LogP contribution in [0.3, 0.4) is 0 Å². The lowest BCUT2D eigenvalue weighted by Gasteiger charge is -2.28. The Balaban J connectivity index is 1.77. The van der Waals surface area contributed by atoms with E-state index in [0.717, 1.165) is 32.2 Å². The fourth-order valence-electron chi connectivity index (χ4n) is 3.11. The first-order chi connectivity index (χ1) is 14.9. The van der Waals surface area contributed by atoms with Crippen molar-refractivity contribution >= 4 is 57.5 Å². The van der Waals surface area contributed by atoms with Crippen LogP contribution in [0.25, 0.3) is 6.08 Å². The molecule has 31 heavy (non-hydrogen) atoms. The number of hydrogen-bond acceptors (Lipinski definition) is 7. The first-order valence-corrected chi connectivity index (χ1v) is 12.0. The highest BCUT2D eigenvalue weighted by Crippen LogP contribution is 2.37. The third-order valence-electron chi connectivity index (χ3n) is 4.61. The van der Waals surface area contributed by atoms with E-state index in [9.17, 15) is 14.4 Å². The lowest BCUT2D eigenvalue weighted by Crippen LogP contribution is -2.46. The maximum absolute atomic E-state index is 12.8. The van der Waals surface area contributed by atoms with Crippen molar-refractivity contribution < 1.29 is 28.6 Å². The Morgan fingerprint density at radius 2 is 1.97 bits per heavy atom. The molecule has 3 amide bonds. The summed E-state index contributed by atoms with van der Waals surface area (Å²) in [6.07, 6.45) is 2.53. The highest BCUT2D eigenvalue weighted by atomic mass is 127. The van der Waals surface area contributed by atoms with E-state index in [1.807, 2.05) is 19.9 Å². The van der Waals surface area contributed by atoms with Crippen LogP contribution >= 0.6 is 34.4 Å². The first-order valence-electron chi connectivity index (χ1n) is 10.1. The largest absolute Gasteiger partial charge is 0.490 e. The minimum atomic E-state index is -0.462. The highest BCUT2D eigenvalue weighted by Gasteiger charge is 2.37. The van der Waals surface area contributed by atoms with E-state index in [1.54, 1.807) is 17.0 Å². The summed E-state index contributed by atoms with van der Waals surface area (Å²) in [7, 11) is 0. The number of amides is 3. The van der Waals surface area contributed by atoms with Crippen molar-refractivity contribution in [1.82, 2.24) is 9.80 Å². The lowest BCUT2D eigenvalue weighted by atomic mass is 10.2. The molecule has 1 aromatic carbocycles. The lowest BCUT2D eigenvalue weighted by molar-refractivity contribution is -0.139. The summed E-state index contributed by atoms with van der Waals surface area (Å²) in [5.41, 5.74) is 0.724. The van der Waals surface area contributed by atoms with Crippen molar-refractivity contribution in [2.75, 3.05) is 46.1 Å². The number of hydrogen-bond donors (Lipinski definition) is 0. The average molecular weight is 560 g/mol. The summed E-state index contributed by atoms with van der Waals surface area (Å²) in [6, 6.07) is 3.67. The number of nitrogens with zero attached hydrogens (tertiary/aromatic N) is 2. The third kappa shape index (κ3) is 5.92. The SMILES string of the molecule is CCCOc1c(I)cc(/C=C2\SC(=O)N(CC(=O)N3CCOCC3)C2=O)cc1OCC. The summed E-state index contributed by atoms with van der Waals surface area (Å²) < 4.78 is 17.6. The molecule has 0 aromatic heterocycles. The summed E-state index contributed by atoms with van der Waals surface area (Å²) in [6.45, 7) is 6.58. The second kappa shape index (κ2) is 11.2. The van der Waals surface area contributed by atoms with Gasteiger partial charge in [-0.05, 0) is 71.5 Å². The van der Waals surface area contributed by atoms with Crippen molar-refractivity contribution in [3.8, 4) is 11.5 Å². The van der Waals surface area contributed by atoms with Crippen LogP contribution in [0.15, 0.2) is 17.0 Å². The number of morpholine rings is 1. The molecular formula is C21H25IN2O6S. The number of carbonyl (C=O) groups excluding carboxylic acids is 3. The van der Waals surface area contributed by atoms with E-state index in [4.69, 9.17) is 14.2 Å². The van der Waals surface area contributed by atoms with Gasteiger partial charge in [0.2, 0.25) is 5.91 Å². The molecule has 0 N–H and O–H groups in total. The quantitative estimate of drug-likeness (QED) is 0.356. The Labute approximate surface area is 199 Å². The number of halogens is 1. The second-order valence-electron chi connectivity index (χ2n) is 6.87. The molecule has 0 aliphatic carbocycles. The van der Waals surface area contributed by atoms with Crippen LogP contribution in [0.4, 0.5) is 4.79 Å². The van der Waals surface area contributed by atoms with Gasteiger partial charge in [0.25, 0.3) is 11.1 Å². The van der Waals surface area contributed by atoms with E-state index >= 15 is 0 Å². The van der Waals surface area contributed by atoms with Crippen LogP contribution in [0.2, 0.25) is 0 Å². The van der Waals surface area contributed by atoms with Gasteiger partial charge in [0.05, 0.1) is 34.9 Å². The number of benzene rings is 1. The van der Waals surface area contributed by atoms with Crippen molar-refractivity contribution in [3.05, 3.63) is 26.2 Å². The van der Waals surface area contributed by atoms with Crippen molar-refractivity contribution in [1.29, 1.82) is 0 Å². The molecule has 168 valence electrons. The zero-order valence-corrected chi connectivity index (χ0v) is 20.5. The van der Waals surface area contributed by atoms with Gasteiger partial charge in [-0.25, -0.2) is 0 Å². The number of imide groups is 1. The zero-order chi connectivity index (χ0) is 22.4. The molecule has 10 heteroatoms. The molecule has 2 saturated heterocycles. The minimum absolute atomic E-state index is 0.252. The van der Waals surface area contributed by atoms with E-state index < -0.39 is 11.1 Å². The predicted molar refractivity (Wildman–Crippen MR) is 126 cm³/mol. The molecule has 0 saturated carbocycles. The summed E-state index contributed by atoms with van der Waals surface area (Å²) >= 11 is 3.00. The van der Waals surface area contributed by atoms with E-state index in [-0.39, 0.29) is 17.4 Å². The maximum Gasteiger partial charge on any atom is 0.294 e. The molecule has 0 spiro atoms. The van der Waals surface area contributed by atoms with Gasteiger partial charge in [-0.1, -0.05) is 6.92 Å². The van der Waals surface area contributed by atoms with E-state index in [2.05, 4.69) is 22.6 Å². The van der Waals surface area contributed by atoms with Crippen LogP contribution in [0.1, 0.15) is 25.8 Å². The molecule has 3 rings (SSSR count). The van der Waals surface area contributed by atoms with Gasteiger partial charge in [0.15, 0.2) is 11.5 Å². The fourth-order valence-corrected chi connectivity index (χ4v) is 4.73. The Hall–Kier alpha value is -1.79. The minimum Gasteiger partial charge on any atom is -0.490 e. The Kier molecular flexibility index (Phi) is 8.61. The van der Waals surface area contributed by atoms with Crippen LogP contribution in [0.5, 0.6) is 11.5 Å². The van der Waals surface area contributed by atoms with Gasteiger partial charge in [-0.2, -0.15) is 0 Å². The highest BCUT2D eigenvalue weighted by molar-refractivity contribution is 14.1. The van der Waals surface area contributed by atoms with E-state index in [0.29, 0.717) is 51.0 Å². The van der Waals surface area contributed by atoms with Crippen molar-refractivity contribution in [2.24, 2.45) is 0 Å². The molecule has 8 nitrogen and oxygen atoms in total. The van der Waals surface area contributed by atoms with Gasteiger partial charge in [-0.15, -0.1) is 0 Å². The number of carbonyl (C=O) groups is 3. The summed E-state index contributed by atoms with van der Waals surface area (Å²) in [4.78, 5) is 40.6. The molecule has 0 bridgehead atoms. The van der Waals surface area contributed by atoms with Crippen LogP contribution in [-0.4, -0.2) is 72.9 Å². The Morgan fingerprint density at radius 3 is 2.65 bits per heavy atom. The monoisotopic (exact) mass is 560 g/mol. The van der Waals surface area contributed by atoms with Crippen LogP contribution in [-0.2, 0) is 14.3 Å². The number of thioether (sulfide) groups is 1. The summed E-state index contributed by atoms with van der Waals surface area (Å²) in [5.74, 6) is 0.551.